The maximum absolute atomic E-state index is 5.26. The van der Waals surface area contributed by atoms with Gasteiger partial charge in [-0.05, 0) is 64.5 Å². The highest BCUT2D eigenvalue weighted by Crippen LogP contribution is 2.41. The van der Waals surface area contributed by atoms with Gasteiger partial charge < -0.3 is 10.1 Å². The van der Waals surface area contributed by atoms with E-state index in [-0.39, 0.29) is 5.54 Å². The van der Waals surface area contributed by atoms with Crippen LogP contribution in [-0.4, -0.2) is 39.2 Å². The zero-order valence-corrected chi connectivity index (χ0v) is 12.6. The summed E-state index contributed by atoms with van der Waals surface area (Å²) in [4.78, 5) is 2.39. The fraction of sp³-hybridized carbons (Fsp3) is 0.625. The number of hydrogen-bond acceptors (Lipinski definition) is 3. The summed E-state index contributed by atoms with van der Waals surface area (Å²) >= 11 is 0. The fourth-order valence-electron chi connectivity index (χ4n) is 3.28. The third-order valence-corrected chi connectivity index (χ3v) is 4.70. The van der Waals surface area contributed by atoms with Crippen molar-refractivity contribution >= 4 is 0 Å². The minimum atomic E-state index is 0.180. The van der Waals surface area contributed by atoms with Crippen LogP contribution in [0.5, 0.6) is 5.75 Å². The molecule has 1 aliphatic rings. The summed E-state index contributed by atoms with van der Waals surface area (Å²) < 4.78 is 5.26. The van der Waals surface area contributed by atoms with Crippen LogP contribution in [0, 0.1) is 0 Å². The molecular weight excluding hydrogens is 236 g/mol. The molecule has 0 spiro atoms. The van der Waals surface area contributed by atoms with Crippen LogP contribution < -0.4 is 10.1 Å². The molecule has 3 heteroatoms. The molecule has 0 aromatic heterocycles. The molecule has 0 heterocycles. The van der Waals surface area contributed by atoms with E-state index in [1.165, 1.54) is 31.2 Å². The van der Waals surface area contributed by atoms with E-state index in [2.05, 4.69) is 55.6 Å². The maximum Gasteiger partial charge on any atom is 0.118 e. The van der Waals surface area contributed by atoms with Gasteiger partial charge in [-0.1, -0.05) is 12.1 Å². The SMILES string of the molecule is CNC1CCC(c2ccc(OC)cc2)(N(C)C)CC1. The Hall–Kier alpha value is -1.06. The molecular formula is C16H26N2O. The Morgan fingerprint density at radius 3 is 2.16 bits per heavy atom. The third kappa shape index (κ3) is 2.77. The lowest BCUT2D eigenvalue weighted by Gasteiger charge is -2.45. The molecule has 0 radical (unpaired) electrons. The number of rotatable bonds is 4. The molecule has 2 rings (SSSR count). The number of nitrogens with zero attached hydrogens (tertiary/aromatic N) is 1. The molecule has 1 saturated carbocycles. The van der Waals surface area contributed by atoms with Gasteiger partial charge in [0.25, 0.3) is 0 Å². The van der Waals surface area contributed by atoms with Crippen LogP contribution in [-0.2, 0) is 5.54 Å². The minimum Gasteiger partial charge on any atom is -0.497 e. The Labute approximate surface area is 116 Å². The number of nitrogens with one attached hydrogen (secondary N) is 1. The Kier molecular flexibility index (Phi) is 4.48. The molecule has 0 unspecified atom stereocenters. The minimum absolute atomic E-state index is 0.180. The molecule has 19 heavy (non-hydrogen) atoms. The summed E-state index contributed by atoms with van der Waals surface area (Å²) in [6.45, 7) is 0. The van der Waals surface area contributed by atoms with Crippen LogP contribution >= 0.6 is 0 Å². The average Bonchev–Trinajstić information content (AvgIpc) is 2.47. The Morgan fingerprint density at radius 2 is 1.74 bits per heavy atom. The normalized spacial score (nSPS) is 27.5. The number of hydrogen-bond donors (Lipinski definition) is 1. The Balaban J connectivity index is 2.24. The first kappa shape index (κ1) is 14.4. The standard InChI is InChI=1S/C16H26N2O/c1-17-14-9-11-16(12-10-14,18(2)3)13-5-7-15(19-4)8-6-13/h5-8,14,17H,9-12H2,1-4H3. The first-order valence-corrected chi connectivity index (χ1v) is 7.11. The van der Waals surface area contributed by atoms with Gasteiger partial charge in [0.05, 0.1) is 7.11 Å². The molecule has 3 nitrogen and oxygen atoms in total. The van der Waals surface area contributed by atoms with Crippen LogP contribution in [0.15, 0.2) is 24.3 Å². The molecule has 1 N–H and O–H groups in total. The van der Waals surface area contributed by atoms with Crippen molar-refractivity contribution in [2.24, 2.45) is 0 Å². The molecule has 0 amide bonds. The van der Waals surface area contributed by atoms with Gasteiger partial charge in [0.1, 0.15) is 5.75 Å². The summed E-state index contributed by atoms with van der Waals surface area (Å²) in [6.07, 6.45) is 4.89. The lowest BCUT2D eigenvalue weighted by molar-refractivity contribution is 0.0870. The van der Waals surface area contributed by atoms with Crippen molar-refractivity contribution in [3.8, 4) is 5.75 Å². The van der Waals surface area contributed by atoms with Gasteiger partial charge in [-0.3, -0.25) is 4.90 Å². The summed E-state index contributed by atoms with van der Waals surface area (Å²) in [5.74, 6) is 0.932. The lowest BCUT2D eigenvalue weighted by atomic mass is 9.74. The van der Waals surface area contributed by atoms with E-state index in [1.54, 1.807) is 7.11 Å². The molecule has 1 aromatic carbocycles. The van der Waals surface area contributed by atoms with Crippen molar-refractivity contribution in [2.45, 2.75) is 37.3 Å². The second-order valence-electron chi connectivity index (χ2n) is 5.72. The van der Waals surface area contributed by atoms with Gasteiger partial charge in [0.15, 0.2) is 0 Å². The van der Waals surface area contributed by atoms with Crippen LogP contribution in [0.2, 0.25) is 0 Å². The van der Waals surface area contributed by atoms with E-state index >= 15 is 0 Å². The van der Waals surface area contributed by atoms with Gasteiger partial charge in [-0.15, -0.1) is 0 Å². The van der Waals surface area contributed by atoms with Crippen molar-refractivity contribution in [2.75, 3.05) is 28.3 Å². The summed E-state index contributed by atoms with van der Waals surface area (Å²) in [5.41, 5.74) is 1.59. The zero-order valence-electron chi connectivity index (χ0n) is 12.6. The topological polar surface area (TPSA) is 24.5 Å². The van der Waals surface area contributed by atoms with Gasteiger partial charge in [-0.2, -0.15) is 0 Å². The molecule has 106 valence electrons. The molecule has 0 saturated heterocycles. The molecule has 0 bridgehead atoms. The van der Waals surface area contributed by atoms with Crippen molar-refractivity contribution in [1.82, 2.24) is 10.2 Å². The highest BCUT2D eigenvalue weighted by molar-refractivity contribution is 5.32. The summed E-state index contributed by atoms with van der Waals surface area (Å²) in [5, 5.41) is 3.41. The number of methoxy groups -OCH3 is 1. The van der Waals surface area contributed by atoms with E-state index in [9.17, 15) is 0 Å². The largest absolute Gasteiger partial charge is 0.497 e. The lowest BCUT2D eigenvalue weighted by Crippen LogP contribution is -2.47. The highest BCUT2D eigenvalue weighted by Gasteiger charge is 2.38. The van der Waals surface area contributed by atoms with E-state index in [4.69, 9.17) is 4.74 Å². The fourth-order valence-corrected chi connectivity index (χ4v) is 3.28. The molecule has 0 aliphatic heterocycles. The van der Waals surface area contributed by atoms with Crippen LogP contribution in [0.4, 0.5) is 0 Å². The first-order chi connectivity index (χ1) is 9.12. The molecule has 1 aliphatic carbocycles. The molecule has 0 atom stereocenters. The van der Waals surface area contributed by atoms with E-state index < -0.39 is 0 Å². The predicted molar refractivity (Wildman–Crippen MR) is 79.7 cm³/mol. The van der Waals surface area contributed by atoms with E-state index in [0.29, 0.717) is 6.04 Å². The van der Waals surface area contributed by atoms with Crippen LogP contribution in [0.3, 0.4) is 0 Å². The first-order valence-electron chi connectivity index (χ1n) is 7.11. The Morgan fingerprint density at radius 1 is 1.16 bits per heavy atom. The predicted octanol–water partition coefficient (Wildman–Crippen LogP) is 2.61. The van der Waals surface area contributed by atoms with E-state index in [0.717, 1.165) is 5.75 Å². The van der Waals surface area contributed by atoms with Crippen LogP contribution in [0.1, 0.15) is 31.2 Å². The molecule has 1 aromatic rings. The van der Waals surface area contributed by atoms with Gasteiger partial charge in [0.2, 0.25) is 0 Å². The van der Waals surface area contributed by atoms with Crippen molar-refractivity contribution in [3.05, 3.63) is 29.8 Å². The quantitative estimate of drug-likeness (QED) is 0.902. The maximum atomic E-state index is 5.26. The van der Waals surface area contributed by atoms with Gasteiger partial charge >= 0.3 is 0 Å². The van der Waals surface area contributed by atoms with Gasteiger partial charge in [0, 0.05) is 11.6 Å². The van der Waals surface area contributed by atoms with E-state index in [1.807, 2.05) is 0 Å². The van der Waals surface area contributed by atoms with Crippen molar-refractivity contribution in [3.63, 3.8) is 0 Å². The van der Waals surface area contributed by atoms with Gasteiger partial charge in [-0.25, -0.2) is 0 Å². The number of benzene rings is 1. The van der Waals surface area contributed by atoms with Crippen molar-refractivity contribution in [1.29, 1.82) is 0 Å². The highest BCUT2D eigenvalue weighted by atomic mass is 16.5. The number of ether oxygens (including phenoxy) is 1. The smallest absolute Gasteiger partial charge is 0.118 e. The zero-order chi connectivity index (χ0) is 13.9. The summed E-state index contributed by atoms with van der Waals surface area (Å²) in [7, 11) is 8.18. The Bertz CT molecular complexity index is 392. The average molecular weight is 262 g/mol. The molecule has 1 fully saturated rings. The second kappa shape index (κ2) is 5.93. The second-order valence-corrected chi connectivity index (χ2v) is 5.72. The van der Waals surface area contributed by atoms with Crippen LogP contribution in [0.25, 0.3) is 0 Å². The third-order valence-electron chi connectivity index (χ3n) is 4.70. The summed E-state index contributed by atoms with van der Waals surface area (Å²) in [6, 6.07) is 9.26. The monoisotopic (exact) mass is 262 g/mol. The van der Waals surface area contributed by atoms with Crippen molar-refractivity contribution < 1.29 is 4.74 Å².